The van der Waals surface area contributed by atoms with Crippen molar-refractivity contribution in [3.8, 4) is 0 Å². The summed E-state index contributed by atoms with van der Waals surface area (Å²) in [5.41, 5.74) is 1.10. The zero-order valence-corrected chi connectivity index (χ0v) is 12.2. The first-order chi connectivity index (χ1) is 9.11. The standard InChI is InChI=1S/C15H17Cl2NO/c1-2-8-15(17)13(9-16)11-18(14(15)19)10-12-6-4-3-5-7-12/h2-7,13H,1,8-11H2/t13-,15+/m0/s1. The molecule has 0 saturated carbocycles. The van der Waals surface area contributed by atoms with Crippen molar-refractivity contribution in [2.75, 3.05) is 12.4 Å². The molecule has 1 saturated heterocycles. The lowest BCUT2D eigenvalue weighted by Gasteiger charge is -2.23. The summed E-state index contributed by atoms with van der Waals surface area (Å²) >= 11 is 12.5. The van der Waals surface area contributed by atoms with Crippen molar-refractivity contribution < 1.29 is 4.79 Å². The van der Waals surface area contributed by atoms with E-state index in [1.807, 2.05) is 30.3 Å². The number of nitrogens with zero attached hydrogens (tertiary/aromatic N) is 1. The Kier molecular flexibility index (Phi) is 4.54. The van der Waals surface area contributed by atoms with E-state index in [0.717, 1.165) is 5.56 Å². The molecular formula is C15H17Cl2NO. The van der Waals surface area contributed by atoms with E-state index < -0.39 is 4.87 Å². The molecule has 1 amide bonds. The van der Waals surface area contributed by atoms with Crippen molar-refractivity contribution in [1.82, 2.24) is 4.90 Å². The fourth-order valence-corrected chi connectivity index (χ4v) is 3.32. The van der Waals surface area contributed by atoms with Crippen molar-refractivity contribution in [3.05, 3.63) is 48.6 Å². The zero-order chi connectivity index (χ0) is 13.9. The third-order valence-corrected chi connectivity index (χ3v) is 4.57. The molecule has 1 aliphatic rings. The Hall–Kier alpha value is -0.990. The Morgan fingerprint density at radius 2 is 2.11 bits per heavy atom. The number of hydrogen-bond donors (Lipinski definition) is 0. The summed E-state index contributed by atoms with van der Waals surface area (Å²) in [6.07, 6.45) is 2.15. The van der Waals surface area contributed by atoms with Crippen LogP contribution >= 0.6 is 23.2 Å². The molecule has 1 fully saturated rings. The zero-order valence-electron chi connectivity index (χ0n) is 10.7. The Bertz CT molecular complexity index is 462. The highest BCUT2D eigenvalue weighted by Gasteiger charge is 2.51. The number of hydrogen-bond acceptors (Lipinski definition) is 1. The van der Waals surface area contributed by atoms with Crippen molar-refractivity contribution in [2.24, 2.45) is 5.92 Å². The van der Waals surface area contributed by atoms with Crippen LogP contribution in [0, 0.1) is 5.92 Å². The van der Waals surface area contributed by atoms with Gasteiger partial charge < -0.3 is 4.90 Å². The minimum Gasteiger partial charge on any atom is -0.336 e. The molecule has 1 aromatic carbocycles. The van der Waals surface area contributed by atoms with Crippen LogP contribution in [0.3, 0.4) is 0 Å². The predicted molar refractivity (Wildman–Crippen MR) is 79.5 cm³/mol. The molecule has 0 N–H and O–H groups in total. The molecule has 0 spiro atoms. The van der Waals surface area contributed by atoms with Gasteiger partial charge in [0.2, 0.25) is 5.91 Å². The van der Waals surface area contributed by atoms with Crippen LogP contribution in [-0.4, -0.2) is 28.1 Å². The van der Waals surface area contributed by atoms with E-state index in [2.05, 4.69) is 6.58 Å². The van der Waals surface area contributed by atoms with Crippen LogP contribution < -0.4 is 0 Å². The molecule has 0 unspecified atom stereocenters. The summed E-state index contributed by atoms with van der Waals surface area (Å²) in [6.45, 7) is 4.87. The van der Waals surface area contributed by atoms with E-state index in [1.54, 1.807) is 11.0 Å². The second-order valence-electron chi connectivity index (χ2n) is 4.88. The van der Waals surface area contributed by atoms with Gasteiger partial charge in [-0.15, -0.1) is 29.8 Å². The Balaban J connectivity index is 2.16. The number of carbonyl (C=O) groups is 1. The smallest absolute Gasteiger partial charge is 0.244 e. The van der Waals surface area contributed by atoms with Crippen LogP contribution in [0.25, 0.3) is 0 Å². The molecule has 1 aliphatic heterocycles. The predicted octanol–water partition coefficient (Wildman–Crippen LogP) is 3.44. The van der Waals surface area contributed by atoms with Crippen LogP contribution in [0.4, 0.5) is 0 Å². The van der Waals surface area contributed by atoms with Gasteiger partial charge in [0.15, 0.2) is 0 Å². The first-order valence-electron chi connectivity index (χ1n) is 6.31. The Morgan fingerprint density at radius 3 is 2.68 bits per heavy atom. The van der Waals surface area contributed by atoms with Gasteiger partial charge in [-0.05, 0) is 12.0 Å². The maximum absolute atomic E-state index is 12.5. The monoisotopic (exact) mass is 297 g/mol. The van der Waals surface area contributed by atoms with Gasteiger partial charge in [0, 0.05) is 24.9 Å². The topological polar surface area (TPSA) is 20.3 Å². The highest BCUT2D eigenvalue weighted by atomic mass is 35.5. The van der Waals surface area contributed by atoms with Crippen molar-refractivity contribution in [3.63, 3.8) is 0 Å². The van der Waals surface area contributed by atoms with Crippen LogP contribution in [-0.2, 0) is 11.3 Å². The molecule has 1 heterocycles. The van der Waals surface area contributed by atoms with Crippen LogP contribution in [0.15, 0.2) is 43.0 Å². The summed E-state index contributed by atoms with van der Waals surface area (Å²) in [7, 11) is 0. The van der Waals surface area contributed by atoms with Crippen LogP contribution in [0.5, 0.6) is 0 Å². The second-order valence-corrected chi connectivity index (χ2v) is 5.86. The van der Waals surface area contributed by atoms with E-state index in [1.165, 1.54) is 0 Å². The molecule has 2 nitrogen and oxygen atoms in total. The molecule has 4 heteroatoms. The van der Waals surface area contributed by atoms with Crippen molar-refractivity contribution >= 4 is 29.1 Å². The summed E-state index contributed by atoms with van der Waals surface area (Å²) in [4.78, 5) is 13.4. The molecule has 1 aromatic rings. The Labute approximate surface area is 124 Å². The van der Waals surface area contributed by atoms with Gasteiger partial charge in [-0.2, -0.15) is 0 Å². The number of amides is 1. The molecule has 2 atom stereocenters. The number of halogens is 2. The van der Waals surface area contributed by atoms with Gasteiger partial charge in [-0.25, -0.2) is 0 Å². The third-order valence-electron chi connectivity index (χ3n) is 3.57. The van der Waals surface area contributed by atoms with Gasteiger partial charge in [-0.1, -0.05) is 36.4 Å². The SMILES string of the molecule is C=CC[C@]1(Cl)C(=O)N(Cc2ccccc2)C[C@@H]1CCl. The Morgan fingerprint density at radius 1 is 1.42 bits per heavy atom. The van der Waals surface area contributed by atoms with E-state index >= 15 is 0 Å². The summed E-state index contributed by atoms with van der Waals surface area (Å²) in [5.74, 6) is 0.308. The van der Waals surface area contributed by atoms with Gasteiger partial charge in [-0.3, -0.25) is 4.79 Å². The van der Waals surface area contributed by atoms with Gasteiger partial charge in [0.05, 0.1) is 0 Å². The molecule has 0 aliphatic carbocycles. The lowest BCUT2D eigenvalue weighted by atomic mass is 9.93. The van der Waals surface area contributed by atoms with E-state index in [-0.39, 0.29) is 11.8 Å². The lowest BCUT2D eigenvalue weighted by Crippen LogP contribution is -2.38. The quantitative estimate of drug-likeness (QED) is 0.602. The van der Waals surface area contributed by atoms with Crippen molar-refractivity contribution in [2.45, 2.75) is 17.8 Å². The second kappa shape index (κ2) is 5.98. The first-order valence-corrected chi connectivity index (χ1v) is 7.22. The van der Waals surface area contributed by atoms with E-state index in [0.29, 0.717) is 25.4 Å². The number of rotatable bonds is 5. The minimum atomic E-state index is -0.918. The fourth-order valence-electron chi connectivity index (χ4n) is 2.51. The van der Waals surface area contributed by atoms with Gasteiger partial charge in [0.1, 0.15) is 4.87 Å². The van der Waals surface area contributed by atoms with E-state index in [4.69, 9.17) is 23.2 Å². The largest absolute Gasteiger partial charge is 0.336 e. The molecule has 0 radical (unpaired) electrons. The van der Waals surface area contributed by atoms with Gasteiger partial charge >= 0.3 is 0 Å². The van der Waals surface area contributed by atoms with Crippen LogP contribution in [0.2, 0.25) is 0 Å². The molecule has 102 valence electrons. The van der Waals surface area contributed by atoms with Gasteiger partial charge in [0.25, 0.3) is 0 Å². The molecular weight excluding hydrogens is 281 g/mol. The number of allylic oxidation sites excluding steroid dienone is 1. The summed E-state index contributed by atoms with van der Waals surface area (Å²) in [5, 5.41) is 0. The minimum absolute atomic E-state index is 0.0370. The summed E-state index contributed by atoms with van der Waals surface area (Å²) < 4.78 is 0. The molecule has 0 bridgehead atoms. The number of alkyl halides is 2. The normalized spacial score (nSPS) is 26.7. The first kappa shape index (κ1) is 14.4. The average Bonchev–Trinajstić information content (AvgIpc) is 2.65. The maximum atomic E-state index is 12.5. The van der Waals surface area contributed by atoms with E-state index in [9.17, 15) is 4.79 Å². The summed E-state index contributed by atoms with van der Waals surface area (Å²) in [6, 6.07) is 9.90. The third kappa shape index (κ3) is 2.80. The molecule has 0 aromatic heterocycles. The lowest BCUT2D eigenvalue weighted by molar-refractivity contribution is -0.130. The fraction of sp³-hybridized carbons (Fsp3) is 0.400. The van der Waals surface area contributed by atoms with Crippen LogP contribution in [0.1, 0.15) is 12.0 Å². The molecule has 2 rings (SSSR count). The number of benzene rings is 1. The number of likely N-dealkylation sites (tertiary alicyclic amines) is 1. The highest BCUT2D eigenvalue weighted by molar-refractivity contribution is 6.36. The highest BCUT2D eigenvalue weighted by Crippen LogP contribution is 2.39. The maximum Gasteiger partial charge on any atom is 0.244 e. The van der Waals surface area contributed by atoms with Crippen molar-refractivity contribution in [1.29, 1.82) is 0 Å². The molecule has 19 heavy (non-hydrogen) atoms. The average molecular weight is 298 g/mol. The number of carbonyl (C=O) groups excluding carboxylic acids is 1.